The van der Waals surface area contributed by atoms with E-state index in [0.717, 1.165) is 24.0 Å². The first-order valence-corrected chi connectivity index (χ1v) is 14.1. The van der Waals surface area contributed by atoms with Crippen molar-refractivity contribution in [1.82, 2.24) is 26.0 Å². The Bertz CT molecular complexity index is 1130. The van der Waals surface area contributed by atoms with Gasteiger partial charge in [0.05, 0.1) is 6.04 Å². The van der Waals surface area contributed by atoms with Crippen LogP contribution in [0.15, 0.2) is 24.8 Å². The number of amides is 4. The van der Waals surface area contributed by atoms with E-state index in [2.05, 4.69) is 34.8 Å². The highest BCUT2D eigenvalue weighted by Crippen LogP contribution is 2.36. The lowest BCUT2D eigenvalue weighted by Crippen LogP contribution is -2.62. The molecule has 0 saturated carbocycles. The number of benzene rings is 1. The molecule has 0 aromatic heterocycles. The molecule has 4 atom stereocenters. The van der Waals surface area contributed by atoms with Crippen molar-refractivity contribution in [3.63, 3.8) is 0 Å². The van der Waals surface area contributed by atoms with Crippen LogP contribution in [0.1, 0.15) is 83.5 Å². The monoisotopic (exact) mass is 555 g/mol. The van der Waals surface area contributed by atoms with Crippen LogP contribution in [0, 0.1) is 5.92 Å². The molecule has 1 aliphatic heterocycles. The molecule has 0 bridgehead atoms. The number of nitrogens with zero attached hydrogens (tertiary/aromatic N) is 2. The van der Waals surface area contributed by atoms with E-state index in [1.165, 1.54) is 10.6 Å². The minimum absolute atomic E-state index is 0.0288. The molecule has 1 aromatic carbocycles. The third kappa shape index (κ3) is 7.62. The molecule has 0 radical (unpaired) electrons. The Morgan fingerprint density at radius 3 is 2.48 bits per heavy atom. The van der Waals surface area contributed by atoms with Crippen molar-refractivity contribution < 1.29 is 23.9 Å². The van der Waals surface area contributed by atoms with Crippen molar-refractivity contribution >= 4 is 29.9 Å². The van der Waals surface area contributed by atoms with E-state index in [4.69, 9.17) is 4.74 Å². The number of aryl methyl sites for hydroxylation is 1. The number of carbonyl (C=O) groups excluding carboxylic acids is 4. The zero-order chi connectivity index (χ0) is 29.8. The Morgan fingerprint density at radius 1 is 1.15 bits per heavy atom. The Balaban J connectivity index is 1.61. The summed E-state index contributed by atoms with van der Waals surface area (Å²) in [7, 11) is 1.82. The van der Waals surface area contributed by atoms with Crippen molar-refractivity contribution in [1.29, 1.82) is 0 Å². The summed E-state index contributed by atoms with van der Waals surface area (Å²) in [6.07, 6.45) is 4.13. The largest absolute Gasteiger partial charge is 0.444 e. The molecule has 1 aliphatic carbocycles. The maximum absolute atomic E-state index is 13.5. The summed E-state index contributed by atoms with van der Waals surface area (Å²) in [5.74, 6) is -1.14. The summed E-state index contributed by atoms with van der Waals surface area (Å²) in [5, 5.41) is 6.74. The highest BCUT2D eigenvalue weighted by molar-refractivity contribution is 5.91. The van der Waals surface area contributed by atoms with Gasteiger partial charge in [-0.1, -0.05) is 38.6 Å². The maximum atomic E-state index is 13.5. The molecule has 1 heterocycles. The molecular weight excluding hydrogens is 510 g/mol. The van der Waals surface area contributed by atoms with Gasteiger partial charge in [-0.15, -0.1) is 0 Å². The van der Waals surface area contributed by atoms with E-state index in [9.17, 15) is 19.2 Å². The van der Waals surface area contributed by atoms with Crippen LogP contribution in [0.25, 0.3) is 6.08 Å². The summed E-state index contributed by atoms with van der Waals surface area (Å²) in [4.78, 5) is 53.8. The fraction of sp³-hybridized carbons (Fsp3) is 0.600. The second kappa shape index (κ2) is 12.8. The molecule has 0 spiro atoms. The van der Waals surface area contributed by atoms with Crippen LogP contribution in [0.4, 0.5) is 4.79 Å². The number of rotatable bonds is 8. The Labute approximate surface area is 237 Å². The van der Waals surface area contributed by atoms with Crippen LogP contribution in [0.2, 0.25) is 0 Å². The summed E-state index contributed by atoms with van der Waals surface area (Å²) in [6.45, 7) is 14.7. The first kappa shape index (κ1) is 31.1. The second-order valence-electron chi connectivity index (χ2n) is 12.1. The number of fused-ring (bicyclic) bond motifs is 1. The van der Waals surface area contributed by atoms with Gasteiger partial charge in [-0.25, -0.2) is 10.2 Å². The lowest BCUT2D eigenvalue weighted by atomic mass is 10.0. The number of carbonyl (C=O) groups is 4. The van der Waals surface area contributed by atoms with Crippen LogP contribution in [0.5, 0.6) is 0 Å². The van der Waals surface area contributed by atoms with Crippen LogP contribution in [-0.4, -0.2) is 71.0 Å². The fourth-order valence-electron chi connectivity index (χ4n) is 5.22. The minimum Gasteiger partial charge on any atom is -0.444 e. The van der Waals surface area contributed by atoms with Gasteiger partial charge in [-0.2, -0.15) is 0 Å². The molecule has 0 unspecified atom stereocenters. The highest BCUT2D eigenvalue weighted by Gasteiger charge is 2.36. The summed E-state index contributed by atoms with van der Waals surface area (Å²) < 4.78 is 5.28. The number of likely N-dealkylation sites (N-methyl/N-ethyl adjacent to an activating group) is 1. The molecule has 4 amide bonds. The standard InChI is InChI=1S/C30H45N5O5/c1-9-20-12-13-21-14-15-24(22(21)17-20)34(8)28(38)23-11-10-16-35(33-23)27(37)19(4)31-26(36)25(18(2)3)32-29(39)40-30(5,6)7/h9,12-13,17-19,23-25,33H,1,10-11,14-16H2,2-8H3,(H,31,36)(H,32,39)/t19-,23-,24+,25-/m0/s1. The van der Waals surface area contributed by atoms with Crippen molar-refractivity contribution in [2.45, 2.75) is 97.0 Å². The number of hydrazine groups is 1. The number of hydrogen-bond acceptors (Lipinski definition) is 6. The number of hydrogen-bond donors (Lipinski definition) is 3. The number of nitrogens with one attached hydrogen (secondary N) is 3. The third-order valence-electron chi connectivity index (χ3n) is 7.37. The molecule has 1 saturated heterocycles. The lowest BCUT2D eigenvalue weighted by molar-refractivity contribution is -0.146. The Kier molecular flexibility index (Phi) is 10.00. The van der Waals surface area contributed by atoms with Crippen molar-refractivity contribution in [3.8, 4) is 0 Å². The molecule has 10 nitrogen and oxygen atoms in total. The lowest BCUT2D eigenvalue weighted by Gasteiger charge is -2.37. The normalized spacial score (nSPS) is 20.2. The molecule has 1 fully saturated rings. The first-order chi connectivity index (χ1) is 18.7. The van der Waals surface area contributed by atoms with Gasteiger partial charge in [0.25, 0.3) is 5.91 Å². The van der Waals surface area contributed by atoms with Gasteiger partial charge < -0.3 is 20.3 Å². The van der Waals surface area contributed by atoms with Crippen molar-refractivity contribution in [2.75, 3.05) is 13.6 Å². The fourth-order valence-corrected chi connectivity index (χ4v) is 5.22. The number of ether oxygens (including phenoxy) is 1. The van der Waals surface area contributed by atoms with Crippen LogP contribution < -0.4 is 16.1 Å². The Hall–Kier alpha value is -3.40. The topological polar surface area (TPSA) is 120 Å². The van der Waals surface area contributed by atoms with Gasteiger partial charge in [0.1, 0.15) is 23.7 Å². The molecule has 40 heavy (non-hydrogen) atoms. The summed E-state index contributed by atoms with van der Waals surface area (Å²) in [6, 6.07) is 3.92. The SMILES string of the molecule is C=Cc1ccc2c(c1)[C@H](N(C)C(=O)[C@@H]1CCCN(C(=O)[C@H](C)NC(=O)[C@@H](NC(=O)OC(C)(C)C)C(C)C)N1)CC2. The van der Waals surface area contributed by atoms with E-state index in [0.29, 0.717) is 19.4 Å². The van der Waals surface area contributed by atoms with E-state index < -0.39 is 35.7 Å². The quantitative estimate of drug-likeness (QED) is 0.453. The highest BCUT2D eigenvalue weighted by atomic mass is 16.6. The van der Waals surface area contributed by atoms with Crippen molar-refractivity contribution in [3.05, 3.63) is 41.5 Å². The molecule has 220 valence electrons. The average molecular weight is 556 g/mol. The number of alkyl carbamates (subject to hydrolysis) is 1. The van der Waals surface area contributed by atoms with E-state index >= 15 is 0 Å². The maximum Gasteiger partial charge on any atom is 0.408 e. The van der Waals surface area contributed by atoms with Gasteiger partial charge in [-0.05, 0) is 82.1 Å². The Morgan fingerprint density at radius 2 is 1.85 bits per heavy atom. The van der Waals surface area contributed by atoms with Crippen LogP contribution >= 0.6 is 0 Å². The van der Waals surface area contributed by atoms with Gasteiger partial charge in [0.15, 0.2) is 0 Å². The van der Waals surface area contributed by atoms with Gasteiger partial charge >= 0.3 is 6.09 Å². The van der Waals surface area contributed by atoms with E-state index in [1.54, 1.807) is 52.5 Å². The van der Waals surface area contributed by atoms with Crippen molar-refractivity contribution in [2.24, 2.45) is 5.92 Å². The minimum atomic E-state index is -0.877. The molecule has 2 aliphatic rings. The summed E-state index contributed by atoms with van der Waals surface area (Å²) >= 11 is 0. The van der Waals surface area contributed by atoms with Gasteiger partial charge in [-0.3, -0.25) is 19.4 Å². The predicted molar refractivity (Wildman–Crippen MR) is 154 cm³/mol. The van der Waals surface area contributed by atoms with Gasteiger partial charge in [0, 0.05) is 13.6 Å². The predicted octanol–water partition coefficient (Wildman–Crippen LogP) is 3.32. The second-order valence-corrected chi connectivity index (χ2v) is 12.1. The molecule has 3 N–H and O–H groups in total. The van der Waals surface area contributed by atoms with E-state index in [-0.39, 0.29) is 23.8 Å². The molecule has 1 aromatic rings. The zero-order valence-electron chi connectivity index (χ0n) is 24.9. The molecular formula is C30H45N5O5. The van der Waals surface area contributed by atoms with Crippen LogP contribution in [-0.2, 0) is 25.5 Å². The first-order valence-electron chi connectivity index (χ1n) is 14.1. The van der Waals surface area contributed by atoms with Crippen LogP contribution in [0.3, 0.4) is 0 Å². The third-order valence-corrected chi connectivity index (χ3v) is 7.37. The molecule has 3 rings (SSSR count). The average Bonchev–Trinajstić information content (AvgIpc) is 3.32. The summed E-state index contributed by atoms with van der Waals surface area (Å²) in [5.41, 5.74) is 5.81. The zero-order valence-corrected chi connectivity index (χ0v) is 24.9. The van der Waals surface area contributed by atoms with Gasteiger partial charge in [0.2, 0.25) is 11.8 Å². The molecule has 10 heteroatoms. The smallest absolute Gasteiger partial charge is 0.408 e. The van der Waals surface area contributed by atoms with E-state index in [1.807, 2.05) is 13.1 Å².